The molecule has 2 aliphatic rings. The number of Topliss-reactive ketones (excluding diaryl/α,β-unsaturated/α-hetero) is 1. The lowest BCUT2D eigenvalue weighted by molar-refractivity contribution is -0.384. The first kappa shape index (κ1) is 12.3. The highest BCUT2D eigenvalue weighted by Crippen LogP contribution is 2.48. The first-order valence-corrected chi connectivity index (χ1v) is 6.87. The Morgan fingerprint density at radius 1 is 1.37 bits per heavy atom. The average Bonchev–Trinajstić information content (AvgIpc) is 3.12. The molecule has 0 bridgehead atoms. The molecule has 0 N–H and O–H groups in total. The van der Waals surface area contributed by atoms with Crippen molar-refractivity contribution in [1.29, 1.82) is 0 Å². The largest absolute Gasteiger partial charge is 0.294 e. The molecular formula is C15H17NO3. The molecule has 2 unspecified atom stereocenters. The molecule has 1 aromatic rings. The maximum Gasteiger partial charge on any atom is 0.270 e. The van der Waals surface area contributed by atoms with Crippen LogP contribution in [0.25, 0.3) is 0 Å². The van der Waals surface area contributed by atoms with E-state index in [1.165, 1.54) is 18.6 Å². The predicted octanol–water partition coefficient (Wildman–Crippen LogP) is 3.39. The summed E-state index contributed by atoms with van der Waals surface area (Å²) in [4.78, 5) is 22.7. The van der Waals surface area contributed by atoms with Gasteiger partial charge in [-0.15, -0.1) is 0 Å². The zero-order valence-electron chi connectivity index (χ0n) is 11.0. The average molecular weight is 259 g/mol. The molecule has 0 aromatic heterocycles. The first-order valence-electron chi connectivity index (χ1n) is 6.87. The molecule has 0 radical (unpaired) electrons. The van der Waals surface area contributed by atoms with E-state index in [1.807, 2.05) is 0 Å². The van der Waals surface area contributed by atoms with Crippen LogP contribution in [0.1, 0.15) is 42.1 Å². The van der Waals surface area contributed by atoms with E-state index in [0.29, 0.717) is 23.8 Å². The van der Waals surface area contributed by atoms with Crippen molar-refractivity contribution in [2.24, 2.45) is 17.8 Å². The van der Waals surface area contributed by atoms with Crippen LogP contribution < -0.4 is 0 Å². The maximum atomic E-state index is 12.3. The van der Waals surface area contributed by atoms with Crippen LogP contribution >= 0.6 is 0 Å². The molecule has 0 saturated heterocycles. The molecule has 4 nitrogen and oxygen atoms in total. The minimum absolute atomic E-state index is 0.0188. The first-order chi connectivity index (χ1) is 9.06. The van der Waals surface area contributed by atoms with Crippen molar-refractivity contribution < 1.29 is 9.72 Å². The van der Waals surface area contributed by atoms with Gasteiger partial charge in [0.15, 0.2) is 5.78 Å². The third-order valence-electron chi connectivity index (χ3n) is 4.61. The summed E-state index contributed by atoms with van der Waals surface area (Å²) in [5.41, 5.74) is 1.57. The van der Waals surface area contributed by atoms with Gasteiger partial charge in [-0.25, -0.2) is 0 Å². The van der Waals surface area contributed by atoms with Crippen molar-refractivity contribution in [3.05, 3.63) is 39.4 Å². The summed E-state index contributed by atoms with van der Waals surface area (Å²) >= 11 is 0. The Balaban J connectivity index is 1.88. The van der Waals surface area contributed by atoms with Crippen LogP contribution in [-0.4, -0.2) is 10.7 Å². The Morgan fingerprint density at radius 3 is 2.74 bits per heavy atom. The SMILES string of the molecule is CC1C[C@@H]1C1CCc2ccc([N+](=O)[O-])cc2C(=O)C1. The Labute approximate surface area is 112 Å². The monoisotopic (exact) mass is 259 g/mol. The molecule has 3 atom stereocenters. The fourth-order valence-corrected chi connectivity index (χ4v) is 3.32. The summed E-state index contributed by atoms with van der Waals surface area (Å²) < 4.78 is 0. The number of nitro benzene ring substituents is 1. The number of rotatable bonds is 2. The Bertz CT molecular complexity index is 552. The van der Waals surface area contributed by atoms with Gasteiger partial charge in [-0.3, -0.25) is 14.9 Å². The summed E-state index contributed by atoms with van der Waals surface area (Å²) in [6.07, 6.45) is 3.69. The third-order valence-corrected chi connectivity index (χ3v) is 4.61. The molecule has 3 rings (SSSR count). The summed E-state index contributed by atoms with van der Waals surface area (Å²) in [5.74, 6) is 1.98. The van der Waals surface area contributed by atoms with Gasteiger partial charge in [-0.05, 0) is 42.6 Å². The number of nitro groups is 1. The summed E-state index contributed by atoms with van der Waals surface area (Å²) in [5, 5.41) is 10.8. The minimum atomic E-state index is -0.432. The number of benzene rings is 1. The Morgan fingerprint density at radius 2 is 2.11 bits per heavy atom. The number of non-ortho nitro benzene ring substituents is 1. The van der Waals surface area contributed by atoms with Crippen LogP contribution in [0.5, 0.6) is 0 Å². The van der Waals surface area contributed by atoms with E-state index in [0.717, 1.165) is 24.3 Å². The van der Waals surface area contributed by atoms with E-state index >= 15 is 0 Å². The van der Waals surface area contributed by atoms with Crippen LogP contribution in [0.3, 0.4) is 0 Å². The van der Waals surface area contributed by atoms with Crippen LogP contribution in [0, 0.1) is 27.9 Å². The number of hydrogen-bond acceptors (Lipinski definition) is 3. The van der Waals surface area contributed by atoms with Gasteiger partial charge in [0.05, 0.1) is 4.92 Å². The number of ketones is 1. The lowest BCUT2D eigenvalue weighted by Gasteiger charge is -2.11. The molecular weight excluding hydrogens is 242 g/mol. The number of fused-ring (bicyclic) bond motifs is 1. The van der Waals surface area contributed by atoms with E-state index in [4.69, 9.17) is 0 Å². The highest BCUT2D eigenvalue weighted by atomic mass is 16.6. The molecule has 0 amide bonds. The lowest BCUT2D eigenvalue weighted by atomic mass is 9.93. The van der Waals surface area contributed by atoms with E-state index in [1.54, 1.807) is 6.07 Å². The lowest BCUT2D eigenvalue weighted by Crippen LogP contribution is -2.09. The van der Waals surface area contributed by atoms with E-state index in [2.05, 4.69) is 6.92 Å². The predicted molar refractivity (Wildman–Crippen MR) is 71.1 cm³/mol. The Hall–Kier alpha value is -1.71. The molecule has 19 heavy (non-hydrogen) atoms. The second-order valence-electron chi connectivity index (χ2n) is 5.90. The number of carbonyl (C=O) groups is 1. The molecule has 0 aliphatic heterocycles. The van der Waals surface area contributed by atoms with Crippen LogP contribution in [0.4, 0.5) is 5.69 Å². The fraction of sp³-hybridized carbons (Fsp3) is 0.533. The van der Waals surface area contributed by atoms with E-state index in [-0.39, 0.29) is 11.5 Å². The van der Waals surface area contributed by atoms with Crippen molar-refractivity contribution in [3.8, 4) is 0 Å². The second-order valence-corrected chi connectivity index (χ2v) is 5.90. The van der Waals surface area contributed by atoms with Crippen molar-refractivity contribution in [1.82, 2.24) is 0 Å². The van der Waals surface area contributed by atoms with Crippen LogP contribution in [0.2, 0.25) is 0 Å². The van der Waals surface area contributed by atoms with Gasteiger partial charge in [0.2, 0.25) is 0 Å². The zero-order valence-corrected chi connectivity index (χ0v) is 11.0. The van der Waals surface area contributed by atoms with Gasteiger partial charge in [0.1, 0.15) is 0 Å². The maximum absolute atomic E-state index is 12.3. The van der Waals surface area contributed by atoms with Crippen molar-refractivity contribution >= 4 is 11.5 Å². The number of aryl methyl sites for hydroxylation is 1. The van der Waals surface area contributed by atoms with Crippen molar-refractivity contribution in [2.45, 2.75) is 32.6 Å². The molecule has 0 spiro atoms. The van der Waals surface area contributed by atoms with Crippen LogP contribution in [0.15, 0.2) is 18.2 Å². The summed E-state index contributed by atoms with van der Waals surface area (Å²) in [6, 6.07) is 4.71. The van der Waals surface area contributed by atoms with E-state index < -0.39 is 4.92 Å². The molecule has 1 fully saturated rings. The minimum Gasteiger partial charge on any atom is -0.294 e. The number of carbonyl (C=O) groups excluding carboxylic acids is 1. The number of nitrogens with zero attached hydrogens (tertiary/aromatic N) is 1. The smallest absolute Gasteiger partial charge is 0.270 e. The highest BCUT2D eigenvalue weighted by molar-refractivity contribution is 5.98. The highest BCUT2D eigenvalue weighted by Gasteiger charge is 2.41. The van der Waals surface area contributed by atoms with Gasteiger partial charge < -0.3 is 0 Å². The van der Waals surface area contributed by atoms with Crippen molar-refractivity contribution in [2.75, 3.05) is 0 Å². The van der Waals surface area contributed by atoms with E-state index in [9.17, 15) is 14.9 Å². The van der Waals surface area contributed by atoms with Crippen LogP contribution in [-0.2, 0) is 6.42 Å². The Kier molecular flexibility index (Phi) is 2.88. The van der Waals surface area contributed by atoms with Gasteiger partial charge in [0, 0.05) is 24.1 Å². The molecule has 1 saturated carbocycles. The zero-order chi connectivity index (χ0) is 13.6. The normalized spacial score (nSPS) is 29.5. The summed E-state index contributed by atoms with van der Waals surface area (Å²) in [6.45, 7) is 2.23. The third kappa shape index (κ3) is 2.27. The molecule has 1 aromatic carbocycles. The molecule has 2 aliphatic carbocycles. The topological polar surface area (TPSA) is 60.2 Å². The quantitative estimate of drug-likeness (QED) is 0.464. The van der Waals surface area contributed by atoms with Gasteiger partial charge in [-0.1, -0.05) is 13.0 Å². The van der Waals surface area contributed by atoms with Gasteiger partial charge in [0.25, 0.3) is 5.69 Å². The molecule has 0 heterocycles. The molecule has 4 heteroatoms. The number of hydrogen-bond donors (Lipinski definition) is 0. The standard InChI is InChI=1S/C15H17NO3/c1-9-6-13(9)11-3-2-10-4-5-12(16(18)19)8-14(10)15(17)7-11/h4-5,8-9,11,13H,2-3,6-7H2,1H3/t9?,11?,13-/m0/s1. The van der Waals surface area contributed by atoms with Crippen molar-refractivity contribution in [3.63, 3.8) is 0 Å². The fourth-order valence-electron chi connectivity index (χ4n) is 3.32. The molecule has 100 valence electrons. The second kappa shape index (κ2) is 4.44. The summed E-state index contributed by atoms with van der Waals surface area (Å²) in [7, 11) is 0. The van der Waals surface area contributed by atoms with Gasteiger partial charge >= 0.3 is 0 Å². The van der Waals surface area contributed by atoms with Gasteiger partial charge in [-0.2, -0.15) is 0 Å².